The molecule has 2 fully saturated rings. The first kappa shape index (κ1) is 15.5. The molecule has 2 aromatic heterocycles. The number of hydrogen-bond acceptors (Lipinski definition) is 4. The van der Waals surface area contributed by atoms with Crippen LogP contribution in [-0.2, 0) is 18.4 Å². The van der Waals surface area contributed by atoms with E-state index in [4.69, 9.17) is 8.85 Å². The van der Waals surface area contributed by atoms with Crippen LogP contribution in [0.2, 0.25) is 0 Å². The monoisotopic (exact) mass is 410 g/mol. The van der Waals surface area contributed by atoms with Crippen LogP contribution in [-0.4, -0.2) is 62.1 Å². The number of ether oxygens (including phenoxy) is 1. The third kappa shape index (κ3) is 3.03. The number of imidazole rings is 1. The molecule has 0 unspecified atom stereocenters. The molecule has 2 amide bonds. The molecular formula is C22H25N5O3. The molecule has 0 bridgehead atoms. The van der Waals surface area contributed by atoms with Gasteiger partial charge in [-0.25, -0.2) is 9.31 Å². The minimum Gasteiger partial charge on any atom is -0.445 e. The van der Waals surface area contributed by atoms with Crippen molar-refractivity contribution in [1.29, 1.82) is 0 Å². The van der Waals surface area contributed by atoms with E-state index >= 15 is 0 Å². The van der Waals surface area contributed by atoms with Gasteiger partial charge >= 0.3 is 6.09 Å². The van der Waals surface area contributed by atoms with E-state index in [-0.39, 0.29) is 17.9 Å². The highest BCUT2D eigenvalue weighted by atomic mass is 16.6. The topological polar surface area (TPSA) is 72.1 Å². The normalized spacial score (nSPS) is 19.5. The molecule has 0 radical (unpaired) electrons. The molecule has 8 nitrogen and oxygen atoms in total. The molecule has 1 aromatic carbocycles. The summed E-state index contributed by atoms with van der Waals surface area (Å²) >= 11 is 0. The summed E-state index contributed by atoms with van der Waals surface area (Å²) in [5.74, 6) is -0.0872. The fraction of sp³-hybridized carbons (Fsp3) is 0.409. The summed E-state index contributed by atoms with van der Waals surface area (Å²) in [6.45, 7) is -1.49. The van der Waals surface area contributed by atoms with Gasteiger partial charge in [0, 0.05) is 55.1 Å². The Morgan fingerprint density at radius 2 is 2.03 bits per heavy atom. The predicted molar refractivity (Wildman–Crippen MR) is 110 cm³/mol. The highest BCUT2D eigenvalue weighted by molar-refractivity contribution is 6.00. The second-order valence-corrected chi connectivity index (χ2v) is 8.37. The van der Waals surface area contributed by atoms with Crippen LogP contribution >= 0.6 is 0 Å². The molecular weight excluding hydrogens is 382 g/mol. The van der Waals surface area contributed by atoms with Gasteiger partial charge in [-0.05, 0) is 18.4 Å². The van der Waals surface area contributed by atoms with E-state index in [0.717, 1.165) is 16.1 Å². The van der Waals surface area contributed by atoms with Gasteiger partial charge in [-0.1, -0.05) is 30.3 Å². The zero-order valence-electron chi connectivity index (χ0n) is 19.7. The van der Waals surface area contributed by atoms with Crippen LogP contribution in [0, 0.1) is 5.41 Å². The second kappa shape index (κ2) is 6.90. The lowest BCUT2D eigenvalue weighted by Gasteiger charge is -2.60. The molecule has 3 heterocycles. The fourth-order valence-electron chi connectivity index (χ4n) is 4.60. The maximum absolute atomic E-state index is 13.0. The molecule has 1 saturated carbocycles. The lowest BCUT2D eigenvalue weighted by Crippen LogP contribution is -2.67. The van der Waals surface area contributed by atoms with Crippen molar-refractivity contribution in [3.8, 4) is 0 Å². The van der Waals surface area contributed by atoms with Crippen LogP contribution < -0.4 is 0 Å². The first-order valence-corrected chi connectivity index (χ1v) is 9.95. The minimum atomic E-state index is -2.59. The second-order valence-electron chi connectivity index (χ2n) is 8.37. The zero-order chi connectivity index (χ0) is 23.4. The maximum atomic E-state index is 13.0. The SMILES string of the molecule is [2H]C([2H])([2H])N(C(=O)OCc1ccccc1)C1CC2(C1)CN(C(=O)c1cnn3ccn(C)c13)C2. The summed E-state index contributed by atoms with van der Waals surface area (Å²) in [6, 6.07) is 8.71. The molecule has 1 aliphatic heterocycles. The van der Waals surface area contributed by atoms with Gasteiger partial charge in [0.15, 0.2) is 0 Å². The largest absolute Gasteiger partial charge is 0.445 e. The number of nitrogens with zero attached hydrogens (tertiary/aromatic N) is 5. The number of rotatable bonds is 4. The summed E-state index contributed by atoms with van der Waals surface area (Å²) < 4.78 is 32.3. The number of hydrogen-bond donors (Lipinski definition) is 0. The molecule has 1 aliphatic carbocycles. The van der Waals surface area contributed by atoms with Gasteiger partial charge in [0.2, 0.25) is 0 Å². The number of carbonyl (C=O) groups excluding carboxylic acids is 2. The number of aromatic nitrogens is 3. The number of amides is 2. The Kier molecular flexibility index (Phi) is 3.57. The van der Waals surface area contributed by atoms with Gasteiger partial charge in [0.25, 0.3) is 5.91 Å². The zero-order valence-corrected chi connectivity index (χ0v) is 16.7. The van der Waals surface area contributed by atoms with E-state index < -0.39 is 19.1 Å². The Morgan fingerprint density at radius 1 is 1.27 bits per heavy atom. The highest BCUT2D eigenvalue weighted by Crippen LogP contribution is 2.50. The lowest BCUT2D eigenvalue weighted by atomic mass is 9.60. The number of likely N-dealkylation sites (tertiary alicyclic amines) is 1. The van der Waals surface area contributed by atoms with Crippen LogP contribution in [0.25, 0.3) is 5.65 Å². The molecule has 0 N–H and O–H groups in total. The third-order valence-corrected chi connectivity index (χ3v) is 6.21. The fourth-order valence-corrected chi connectivity index (χ4v) is 4.60. The van der Waals surface area contributed by atoms with Crippen LogP contribution in [0.1, 0.15) is 32.9 Å². The first-order valence-electron chi connectivity index (χ1n) is 11.4. The Bertz CT molecular complexity index is 1190. The van der Waals surface area contributed by atoms with Gasteiger partial charge < -0.3 is 19.1 Å². The van der Waals surface area contributed by atoms with Crippen LogP contribution in [0.5, 0.6) is 0 Å². The van der Waals surface area contributed by atoms with E-state index in [1.54, 1.807) is 21.8 Å². The van der Waals surface area contributed by atoms with Crippen LogP contribution in [0.3, 0.4) is 0 Å². The minimum absolute atomic E-state index is 0.0196. The van der Waals surface area contributed by atoms with Crippen molar-refractivity contribution < 1.29 is 18.4 Å². The van der Waals surface area contributed by atoms with Crippen molar-refractivity contribution in [3.05, 3.63) is 60.0 Å². The third-order valence-electron chi connectivity index (χ3n) is 6.21. The quantitative estimate of drug-likeness (QED) is 0.663. The Labute approximate surface area is 178 Å². The van der Waals surface area contributed by atoms with Crippen molar-refractivity contribution in [3.63, 3.8) is 0 Å². The van der Waals surface area contributed by atoms with E-state index in [9.17, 15) is 9.59 Å². The maximum Gasteiger partial charge on any atom is 0.410 e. The molecule has 1 spiro atoms. The number of aryl methyl sites for hydroxylation is 1. The van der Waals surface area contributed by atoms with Gasteiger partial charge in [-0.15, -0.1) is 0 Å². The number of carbonyl (C=O) groups is 2. The van der Waals surface area contributed by atoms with Gasteiger partial charge in [-0.3, -0.25) is 4.79 Å². The number of benzene rings is 1. The molecule has 30 heavy (non-hydrogen) atoms. The Hall–Kier alpha value is -3.29. The summed E-state index contributed by atoms with van der Waals surface area (Å²) in [7, 11) is 1.86. The standard InChI is InChI=1S/C22H25N5O3/c1-24-8-9-27-19(24)18(12-23-27)20(28)26-14-22(15-26)10-17(11-22)25(2)21(29)30-13-16-6-4-3-5-7-16/h3-9,12,17H,10-11,13-15H2,1-2H3/i2D3. The first-order chi connectivity index (χ1) is 15.7. The van der Waals surface area contributed by atoms with Crippen molar-refractivity contribution in [2.75, 3.05) is 20.1 Å². The van der Waals surface area contributed by atoms with Crippen molar-refractivity contribution in [2.45, 2.75) is 25.5 Å². The summed E-state index contributed by atoms with van der Waals surface area (Å²) in [5.41, 5.74) is 1.93. The van der Waals surface area contributed by atoms with Gasteiger partial charge in [-0.2, -0.15) is 5.10 Å². The highest BCUT2D eigenvalue weighted by Gasteiger charge is 2.55. The van der Waals surface area contributed by atoms with E-state index in [1.807, 2.05) is 48.1 Å². The van der Waals surface area contributed by atoms with Crippen molar-refractivity contribution in [1.82, 2.24) is 24.0 Å². The van der Waals surface area contributed by atoms with Gasteiger partial charge in [0.05, 0.1) is 6.20 Å². The van der Waals surface area contributed by atoms with Crippen LogP contribution in [0.15, 0.2) is 48.9 Å². The average molecular weight is 410 g/mol. The molecule has 0 atom stereocenters. The van der Waals surface area contributed by atoms with Gasteiger partial charge in [0.1, 0.15) is 17.8 Å². The molecule has 5 rings (SSSR count). The Balaban J connectivity index is 1.20. The summed E-state index contributed by atoms with van der Waals surface area (Å²) in [4.78, 5) is 28.3. The lowest BCUT2D eigenvalue weighted by molar-refractivity contribution is -0.0847. The molecule has 156 valence electrons. The van der Waals surface area contributed by atoms with Crippen molar-refractivity contribution in [2.24, 2.45) is 12.5 Å². The molecule has 3 aromatic rings. The molecule has 2 aliphatic rings. The summed E-state index contributed by atoms with van der Waals surface area (Å²) in [6.07, 6.45) is 5.43. The smallest absolute Gasteiger partial charge is 0.410 e. The van der Waals surface area contributed by atoms with Crippen LogP contribution in [0.4, 0.5) is 4.79 Å². The predicted octanol–water partition coefficient (Wildman–Crippen LogP) is 2.55. The molecule has 8 heteroatoms. The van der Waals surface area contributed by atoms with E-state index in [1.165, 1.54) is 0 Å². The average Bonchev–Trinajstić information content (AvgIpc) is 3.29. The summed E-state index contributed by atoms with van der Waals surface area (Å²) in [5, 5.41) is 4.22. The van der Waals surface area contributed by atoms with Crippen molar-refractivity contribution >= 4 is 17.6 Å². The molecule has 1 saturated heterocycles. The van der Waals surface area contributed by atoms with E-state index in [0.29, 0.717) is 31.5 Å². The van der Waals surface area contributed by atoms with E-state index in [2.05, 4.69) is 5.10 Å². The number of fused-ring (bicyclic) bond motifs is 1. The Morgan fingerprint density at radius 3 is 2.77 bits per heavy atom.